The van der Waals surface area contributed by atoms with Crippen molar-refractivity contribution in [2.24, 2.45) is 11.8 Å². The zero-order chi connectivity index (χ0) is 24.5. The highest BCUT2D eigenvalue weighted by atomic mass is 16.6. The number of carbonyl (C=O) groups is 2. The Labute approximate surface area is 204 Å². The van der Waals surface area contributed by atoms with E-state index in [4.69, 9.17) is 18.9 Å². The van der Waals surface area contributed by atoms with Gasteiger partial charge in [-0.1, -0.05) is 13.0 Å². The minimum Gasteiger partial charge on any atom is -0.493 e. The normalized spacial score (nSPS) is 37.0. The van der Waals surface area contributed by atoms with Gasteiger partial charge in [0.15, 0.2) is 23.7 Å². The van der Waals surface area contributed by atoms with Crippen molar-refractivity contribution in [2.45, 2.75) is 81.6 Å². The van der Waals surface area contributed by atoms with E-state index in [1.165, 1.54) is 12.5 Å². The van der Waals surface area contributed by atoms with Gasteiger partial charge >= 0.3 is 11.9 Å². The Kier molecular flexibility index (Phi) is 5.20. The Morgan fingerprint density at radius 1 is 1.29 bits per heavy atom. The van der Waals surface area contributed by atoms with E-state index in [1.54, 1.807) is 13.2 Å². The second-order valence-electron chi connectivity index (χ2n) is 10.8. The van der Waals surface area contributed by atoms with Gasteiger partial charge in [0.25, 0.3) is 0 Å². The third-order valence-electron chi connectivity index (χ3n) is 9.12. The number of hydrogen-bond acceptors (Lipinski definition) is 8. The summed E-state index contributed by atoms with van der Waals surface area (Å²) in [5.41, 5.74) is 0.464. The van der Waals surface area contributed by atoms with Crippen LogP contribution in [0, 0.1) is 11.8 Å². The number of hydrogen-bond donors (Lipinski definition) is 2. The first-order chi connectivity index (χ1) is 16.8. The summed E-state index contributed by atoms with van der Waals surface area (Å²) in [6.45, 7) is 4.50. The molecule has 2 heterocycles. The Bertz CT molecular complexity index is 1110. The van der Waals surface area contributed by atoms with Crippen LogP contribution in [0.5, 0.6) is 11.5 Å². The van der Waals surface area contributed by atoms with Gasteiger partial charge in [0.05, 0.1) is 18.1 Å². The van der Waals surface area contributed by atoms with Gasteiger partial charge in [0, 0.05) is 5.56 Å². The average molecular weight is 484 g/mol. The third kappa shape index (κ3) is 3.05. The maximum Gasteiger partial charge on any atom is 0.352 e. The van der Waals surface area contributed by atoms with Crippen molar-refractivity contribution in [3.8, 4) is 11.5 Å². The second kappa shape index (κ2) is 7.96. The minimum atomic E-state index is -1.05. The largest absolute Gasteiger partial charge is 0.493 e. The van der Waals surface area contributed by atoms with Crippen LogP contribution in [0.15, 0.2) is 24.0 Å². The topological polar surface area (TPSA) is 103 Å². The van der Waals surface area contributed by atoms with Gasteiger partial charge in [-0.15, -0.1) is 0 Å². The lowest BCUT2D eigenvalue weighted by molar-refractivity contribution is -0.176. The zero-order valence-electron chi connectivity index (χ0n) is 20.5. The monoisotopic (exact) mass is 483 g/mol. The summed E-state index contributed by atoms with van der Waals surface area (Å²) in [4.78, 5) is 25.4. The number of nitrogens with one attached hydrogen (secondary N) is 1. The summed E-state index contributed by atoms with van der Waals surface area (Å²) in [5.74, 6) is 0.996. The highest BCUT2D eigenvalue weighted by molar-refractivity contribution is 5.82. The van der Waals surface area contributed by atoms with Crippen LogP contribution in [0.4, 0.5) is 0 Å². The number of aliphatic hydroxyl groups is 1. The first kappa shape index (κ1) is 22.9. The van der Waals surface area contributed by atoms with E-state index in [-0.39, 0.29) is 12.0 Å². The molecule has 2 bridgehead atoms. The van der Waals surface area contributed by atoms with Crippen LogP contribution >= 0.6 is 0 Å². The molecular formula is C27H33NO7. The van der Waals surface area contributed by atoms with Crippen LogP contribution in [0.1, 0.15) is 57.1 Å². The van der Waals surface area contributed by atoms with Gasteiger partial charge in [-0.25, -0.2) is 4.79 Å². The van der Waals surface area contributed by atoms with Crippen molar-refractivity contribution in [3.05, 3.63) is 35.1 Å². The lowest BCUT2D eigenvalue weighted by atomic mass is 9.45. The first-order valence-electron chi connectivity index (χ1n) is 12.7. The summed E-state index contributed by atoms with van der Waals surface area (Å²) in [6.07, 6.45) is 4.54. The van der Waals surface area contributed by atoms with Gasteiger partial charge in [-0.05, 0) is 81.5 Å². The number of esters is 2. The van der Waals surface area contributed by atoms with Gasteiger partial charge in [0.2, 0.25) is 0 Å². The molecule has 0 radical (unpaired) electrons. The smallest absolute Gasteiger partial charge is 0.352 e. The van der Waals surface area contributed by atoms with E-state index in [0.29, 0.717) is 36.0 Å². The fraction of sp³-hybridized carbons (Fsp3) is 0.630. The van der Waals surface area contributed by atoms with Crippen molar-refractivity contribution in [1.82, 2.24) is 5.32 Å². The quantitative estimate of drug-likeness (QED) is 0.616. The van der Waals surface area contributed by atoms with Crippen molar-refractivity contribution in [2.75, 3.05) is 13.7 Å². The van der Waals surface area contributed by atoms with E-state index in [1.807, 2.05) is 6.07 Å². The van der Waals surface area contributed by atoms with E-state index in [9.17, 15) is 14.7 Å². The molecule has 7 atom stereocenters. The van der Waals surface area contributed by atoms with Gasteiger partial charge in [-0.3, -0.25) is 4.79 Å². The van der Waals surface area contributed by atoms with Crippen LogP contribution in [0.25, 0.3) is 0 Å². The van der Waals surface area contributed by atoms with E-state index < -0.39 is 35.2 Å². The molecule has 1 saturated carbocycles. The van der Waals surface area contributed by atoms with Crippen molar-refractivity contribution in [1.29, 1.82) is 0 Å². The maximum absolute atomic E-state index is 13.0. The van der Waals surface area contributed by atoms with Crippen LogP contribution in [0.3, 0.4) is 0 Å². The SMILES string of the molecule is COc1ccc2c3c1O[C@H]1C(OC(=O)[C@H](C)OC(=O)[C@@H]4CCCN4)=CC[C@@]4(O)[C@@H](C2)C(C)CC[C@]314. The highest BCUT2D eigenvalue weighted by Gasteiger charge is 2.72. The lowest BCUT2D eigenvalue weighted by Gasteiger charge is -2.61. The summed E-state index contributed by atoms with van der Waals surface area (Å²) < 4.78 is 23.4. The number of ether oxygens (including phenoxy) is 4. The molecule has 0 aromatic heterocycles. The molecule has 1 aromatic carbocycles. The predicted molar refractivity (Wildman–Crippen MR) is 125 cm³/mol. The van der Waals surface area contributed by atoms with Crippen molar-refractivity contribution in [3.63, 3.8) is 0 Å². The summed E-state index contributed by atoms with van der Waals surface area (Å²) >= 11 is 0. The Morgan fingerprint density at radius 3 is 2.86 bits per heavy atom. The Balaban J connectivity index is 1.32. The van der Waals surface area contributed by atoms with E-state index >= 15 is 0 Å². The second-order valence-corrected chi connectivity index (χ2v) is 10.8. The third-order valence-corrected chi connectivity index (χ3v) is 9.12. The molecule has 1 saturated heterocycles. The average Bonchev–Trinajstić information content (AvgIpc) is 3.49. The molecule has 2 N–H and O–H groups in total. The molecule has 188 valence electrons. The molecule has 8 heteroatoms. The Hall–Kier alpha value is -2.58. The standard InChI is InChI=1S/C27H33NO7/c1-14-8-10-26-21-16-6-7-19(32-3)22(21)35-23(26)20(9-11-27(26,31)17(14)13-16)34-24(29)15(2)33-25(30)18-5-4-12-28-18/h6-7,9,14-15,17-18,23,28,31H,4-5,8,10-13H2,1-3H3/t14?,15-,17-,18-,23-,26-,27+/m0/s1. The molecule has 6 rings (SSSR count). The van der Waals surface area contributed by atoms with Gasteiger partial charge < -0.3 is 29.4 Å². The van der Waals surface area contributed by atoms with Gasteiger partial charge in [0.1, 0.15) is 11.8 Å². The van der Waals surface area contributed by atoms with Crippen LogP contribution in [-0.2, 0) is 30.9 Å². The predicted octanol–water partition coefficient (Wildman–Crippen LogP) is 2.54. The molecule has 2 aliphatic heterocycles. The van der Waals surface area contributed by atoms with Gasteiger partial charge in [-0.2, -0.15) is 0 Å². The molecule has 1 aromatic rings. The van der Waals surface area contributed by atoms with Crippen LogP contribution in [-0.4, -0.2) is 54.6 Å². The maximum atomic E-state index is 13.0. The molecular weight excluding hydrogens is 450 g/mol. The molecule has 0 amide bonds. The van der Waals surface area contributed by atoms with Crippen molar-refractivity contribution >= 4 is 11.9 Å². The fourth-order valence-corrected chi connectivity index (χ4v) is 7.35. The molecule has 35 heavy (non-hydrogen) atoms. The Morgan fingerprint density at radius 2 is 2.11 bits per heavy atom. The number of rotatable bonds is 5. The lowest BCUT2D eigenvalue weighted by Crippen LogP contribution is -2.69. The fourth-order valence-electron chi connectivity index (χ4n) is 7.35. The minimum absolute atomic E-state index is 0.0847. The molecule has 1 spiro atoms. The number of methoxy groups -OCH3 is 1. The first-order valence-corrected chi connectivity index (χ1v) is 12.7. The molecule has 3 aliphatic carbocycles. The van der Waals surface area contributed by atoms with E-state index in [0.717, 1.165) is 37.8 Å². The highest BCUT2D eigenvalue weighted by Crippen LogP contribution is 2.68. The van der Waals surface area contributed by atoms with Crippen LogP contribution < -0.4 is 14.8 Å². The molecule has 1 unspecified atom stereocenters. The van der Waals surface area contributed by atoms with Crippen LogP contribution in [0.2, 0.25) is 0 Å². The summed E-state index contributed by atoms with van der Waals surface area (Å²) in [7, 11) is 1.61. The number of benzene rings is 1. The zero-order valence-corrected chi connectivity index (χ0v) is 20.5. The summed E-state index contributed by atoms with van der Waals surface area (Å²) in [6, 6.07) is 3.62. The molecule has 5 aliphatic rings. The molecule has 8 nitrogen and oxygen atoms in total. The summed E-state index contributed by atoms with van der Waals surface area (Å²) in [5, 5.41) is 15.3. The van der Waals surface area contributed by atoms with Crippen molar-refractivity contribution < 1.29 is 33.6 Å². The number of carbonyl (C=O) groups excluding carboxylic acids is 2. The molecule has 2 fully saturated rings. The van der Waals surface area contributed by atoms with E-state index in [2.05, 4.69) is 18.3 Å².